The quantitative estimate of drug-likeness (QED) is 0.254. The Balaban J connectivity index is 1.51. The molecule has 0 spiro atoms. The normalized spacial score (nSPS) is 15.6. The lowest BCUT2D eigenvalue weighted by atomic mass is 10.2. The second kappa shape index (κ2) is 11.2. The molecule has 184 valence electrons. The molecule has 3 aromatic rings. The molecule has 0 radical (unpaired) electrons. The Morgan fingerprint density at radius 3 is 2.33 bits per heavy atom. The fourth-order valence-corrected chi connectivity index (χ4v) is 4.84. The first-order chi connectivity index (χ1) is 17.2. The van der Waals surface area contributed by atoms with E-state index in [0.717, 1.165) is 5.56 Å². The third-order valence-corrected chi connectivity index (χ3v) is 6.75. The zero-order valence-corrected chi connectivity index (χ0v) is 21.5. The maximum Gasteiger partial charge on any atom is 0.337 e. The minimum absolute atomic E-state index is 0.166. The zero-order chi connectivity index (χ0) is 25.8. The van der Waals surface area contributed by atoms with Crippen molar-refractivity contribution in [2.24, 2.45) is 4.99 Å². The first-order valence-corrected chi connectivity index (χ1v) is 12.1. The number of aliphatic imine (C=N–C) groups is 1. The van der Waals surface area contributed by atoms with E-state index in [1.165, 1.54) is 35.9 Å². The molecule has 0 aliphatic carbocycles. The van der Waals surface area contributed by atoms with Gasteiger partial charge in [0.2, 0.25) is 0 Å². The molecule has 10 heteroatoms. The van der Waals surface area contributed by atoms with E-state index in [-0.39, 0.29) is 28.4 Å². The summed E-state index contributed by atoms with van der Waals surface area (Å²) >= 11 is 14.0. The van der Waals surface area contributed by atoms with Gasteiger partial charge in [0.1, 0.15) is 12.4 Å². The van der Waals surface area contributed by atoms with Gasteiger partial charge in [0.05, 0.1) is 33.3 Å². The number of esters is 1. The molecule has 1 amide bonds. The summed E-state index contributed by atoms with van der Waals surface area (Å²) in [5.74, 6) is -0.702. The summed E-state index contributed by atoms with van der Waals surface area (Å²) in [6.45, 7) is 0.166. The highest BCUT2D eigenvalue weighted by Gasteiger charge is 2.30. The predicted molar refractivity (Wildman–Crippen MR) is 140 cm³/mol. The number of methoxy groups -OCH3 is 1. The van der Waals surface area contributed by atoms with Crippen molar-refractivity contribution in [1.29, 1.82) is 0 Å². The molecule has 1 aliphatic heterocycles. The minimum Gasteiger partial charge on any atom is -0.486 e. The van der Waals surface area contributed by atoms with Crippen molar-refractivity contribution in [2.45, 2.75) is 6.61 Å². The van der Waals surface area contributed by atoms with Crippen LogP contribution in [0.15, 0.2) is 70.6 Å². The topological polar surface area (TPSA) is 68.2 Å². The van der Waals surface area contributed by atoms with Gasteiger partial charge in [0.25, 0.3) is 5.91 Å². The van der Waals surface area contributed by atoms with Crippen LogP contribution in [0.1, 0.15) is 21.5 Å². The van der Waals surface area contributed by atoms with Crippen molar-refractivity contribution in [3.05, 3.63) is 98.1 Å². The molecule has 0 saturated carbocycles. The molecule has 1 heterocycles. The Labute approximate surface area is 221 Å². The van der Waals surface area contributed by atoms with Crippen LogP contribution in [-0.4, -0.2) is 36.1 Å². The first kappa shape index (κ1) is 25.8. The third-order valence-electron chi connectivity index (χ3n) is 5.13. The van der Waals surface area contributed by atoms with Gasteiger partial charge in [-0.05, 0) is 77.5 Å². The van der Waals surface area contributed by atoms with E-state index in [4.69, 9.17) is 32.7 Å². The highest BCUT2D eigenvalue weighted by Crippen LogP contribution is 2.38. The van der Waals surface area contributed by atoms with Crippen LogP contribution >= 0.6 is 35.0 Å². The smallest absolute Gasteiger partial charge is 0.337 e. The maximum absolute atomic E-state index is 13.1. The lowest BCUT2D eigenvalue weighted by Crippen LogP contribution is -2.23. The number of hydrogen-bond donors (Lipinski definition) is 0. The van der Waals surface area contributed by atoms with E-state index in [9.17, 15) is 14.0 Å². The van der Waals surface area contributed by atoms with Gasteiger partial charge in [-0.2, -0.15) is 0 Å². The average molecular weight is 545 g/mol. The molecule has 3 aromatic carbocycles. The number of likely N-dealkylation sites (N-methyl/N-ethyl adjacent to an activating group) is 1. The molecular formula is C26H19Cl2FN2O4S. The van der Waals surface area contributed by atoms with E-state index >= 15 is 0 Å². The van der Waals surface area contributed by atoms with Crippen molar-refractivity contribution in [1.82, 2.24) is 4.90 Å². The SMILES string of the molecule is COC(=O)c1ccc(N=C2SC(=Cc3cc(Cl)c(OCc4ccc(F)cc4)c(Cl)c3)C(=O)N2C)cc1. The Kier molecular flexibility index (Phi) is 7.98. The second-order valence-corrected chi connectivity index (χ2v) is 9.46. The Hall–Kier alpha value is -3.33. The summed E-state index contributed by atoms with van der Waals surface area (Å²) < 4.78 is 23.5. The lowest BCUT2D eigenvalue weighted by molar-refractivity contribution is -0.121. The van der Waals surface area contributed by atoms with E-state index in [2.05, 4.69) is 4.99 Å². The van der Waals surface area contributed by atoms with E-state index in [1.807, 2.05) is 0 Å². The zero-order valence-electron chi connectivity index (χ0n) is 19.1. The van der Waals surface area contributed by atoms with Gasteiger partial charge in [-0.3, -0.25) is 9.69 Å². The molecule has 0 bridgehead atoms. The molecule has 0 N–H and O–H groups in total. The summed E-state index contributed by atoms with van der Waals surface area (Å²) in [5.41, 5.74) is 2.37. The summed E-state index contributed by atoms with van der Waals surface area (Å²) in [7, 11) is 2.94. The number of benzene rings is 3. The van der Waals surface area contributed by atoms with Gasteiger partial charge < -0.3 is 9.47 Å². The van der Waals surface area contributed by atoms with E-state index < -0.39 is 5.97 Å². The van der Waals surface area contributed by atoms with Crippen LogP contribution in [0.5, 0.6) is 5.75 Å². The largest absolute Gasteiger partial charge is 0.486 e. The minimum atomic E-state index is -0.439. The summed E-state index contributed by atoms with van der Waals surface area (Å²) in [6.07, 6.45) is 1.67. The van der Waals surface area contributed by atoms with Crippen LogP contribution in [0.4, 0.5) is 10.1 Å². The van der Waals surface area contributed by atoms with Gasteiger partial charge in [-0.15, -0.1) is 0 Å². The predicted octanol–water partition coefficient (Wildman–Crippen LogP) is 6.73. The van der Waals surface area contributed by atoms with Crippen LogP contribution in [-0.2, 0) is 16.1 Å². The van der Waals surface area contributed by atoms with Crippen LogP contribution in [0.25, 0.3) is 6.08 Å². The summed E-state index contributed by atoms with van der Waals surface area (Å²) in [6, 6.07) is 15.8. The molecule has 36 heavy (non-hydrogen) atoms. The van der Waals surface area contributed by atoms with E-state index in [1.54, 1.807) is 61.7 Å². The van der Waals surface area contributed by atoms with Gasteiger partial charge in [0, 0.05) is 7.05 Å². The maximum atomic E-state index is 13.1. The van der Waals surface area contributed by atoms with Crippen molar-refractivity contribution in [3.63, 3.8) is 0 Å². The van der Waals surface area contributed by atoms with Crippen LogP contribution in [0, 0.1) is 5.82 Å². The molecular weight excluding hydrogens is 526 g/mol. The molecule has 1 fully saturated rings. The fraction of sp³-hybridized carbons (Fsp3) is 0.115. The van der Waals surface area contributed by atoms with Crippen LogP contribution in [0.3, 0.4) is 0 Å². The highest BCUT2D eigenvalue weighted by atomic mass is 35.5. The number of thioether (sulfide) groups is 1. The lowest BCUT2D eigenvalue weighted by Gasteiger charge is -2.11. The monoisotopic (exact) mass is 544 g/mol. The number of nitrogens with zero attached hydrogens (tertiary/aromatic N) is 2. The number of hydrogen-bond acceptors (Lipinski definition) is 6. The van der Waals surface area contributed by atoms with Crippen molar-refractivity contribution < 1.29 is 23.5 Å². The van der Waals surface area contributed by atoms with Crippen molar-refractivity contribution >= 4 is 63.8 Å². The molecule has 0 atom stereocenters. The molecule has 1 aliphatic rings. The van der Waals surface area contributed by atoms with Gasteiger partial charge in [-0.1, -0.05) is 35.3 Å². The van der Waals surface area contributed by atoms with Crippen molar-refractivity contribution in [2.75, 3.05) is 14.2 Å². The molecule has 0 unspecified atom stereocenters. The molecule has 6 nitrogen and oxygen atoms in total. The van der Waals surface area contributed by atoms with E-state index in [0.29, 0.717) is 32.6 Å². The number of halogens is 3. The number of amides is 1. The number of rotatable bonds is 6. The Bertz CT molecular complexity index is 1350. The Morgan fingerprint density at radius 1 is 1.08 bits per heavy atom. The average Bonchev–Trinajstić information content (AvgIpc) is 3.12. The van der Waals surface area contributed by atoms with Gasteiger partial charge in [0.15, 0.2) is 10.9 Å². The number of amidine groups is 1. The highest BCUT2D eigenvalue weighted by molar-refractivity contribution is 8.18. The summed E-state index contributed by atoms with van der Waals surface area (Å²) in [4.78, 5) is 30.8. The Morgan fingerprint density at radius 2 is 1.72 bits per heavy atom. The first-order valence-electron chi connectivity index (χ1n) is 10.6. The number of carbonyl (C=O) groups is 2. The number of ether oxygens (including phenoxy) is 2. The third kappa shape index (κ3) is 5.90. The fourth-order valence-electron chi connectivity index (χ4n) is 3.24. The standard InChI is InChI=1S/C26H19Cl2FN2O4S/c1-31-24(32)22(36-26(31)30-19-9-5-17(6-10-19)25(33)34-2)13-16-11-20(27)23(21(28)12-16)35-14-15-3-7-18(29)8-4-15/h3-13H,14H2,1-2H3. The van der Waals surface area contributed by atoms with Crippen molar-refractivity contribution in [3.8, 4) is 5.75 Å². The molecule has 4 rings (SSSR count). The van der Waals surface area contributed by atoms with Crippen LogP contribution in [0.2, 0.25) is 10.0 Å². The number of carbonyl (C=O) groups excluding carboxylic acids is 2. The summed E-state index contributed by atoms with van der Waals surface area (Å²) in [5, 5.41) is 1.04. The van der Waals surface area contributed by atoms with Crippen LogP contribution < -0.4 is 4.74 Å². The second-order valence-electron chi connectivity index (χ2n) is 7.64. The van der Waals surface area contributed by atoms with Gasteiger partial charge >= 0.3 is 5.97 Å². The molecule has 1 saturated heterocycles. The van der Waals surface area contributed by atoms with Gasteiger partial charge in [-0.25, -0.2) is 14.2 Å². The molecule has 0 aromatic heterocycles.